The van der Waals surface area contributed by atoms with Gasteiger partial charge in [-0.3, -0.25) is 4.79 Å². The first-order chi connectivity index (χ1) is 10.7. The van der Waals surface area contributed by atoms with Gasteiger partial charge in [-0.05, 0) is 42.7 Å². The quantitative estimate of drug-likeness (QED) is 0.864. The molecule has 1 aliphatic rings. The Morgan fingerprint density at radius 1 is 1.05 bits per heavy atom. The van der Waals surface area contributed by atoms with E-state index in [1.54, 1.807) is 24.3 Å². The molecule has 1 N–H and O–H groups in total. The van der Waals surface area contributed by atoms with E-state index in [-0.39, 0.29) is 11.7 Å². The second-order valence-electron chi connectivity index (χ2n) is 5.04. The fraction of sp³-hybridized carbons (Fsp3) is 0.235. The molecule has 114 valence electrons. The first kappa shape index (κ1) is 14.4. The van der Waals surface area contributed by atoms with Crippen LogP contribution in [-0.4, -0.2) is 18.7 Å². The van der Waals surface area contributed by atoms with E-state index in [4.69, 9.17) is 9.47 Å². The molecule has 3 rings (SSSR count). The Morgan fingerprint density at radius 2 is 1.68 bits per heavy atom. The highest BCUT2D eigenvalue weighted by Gasteiger charge is 2.29. The summed E-state index contributed by atoms with van der Waals surface area (Å²) in [5.41, 5.74) is 1.04. The first-order valence-corrected chi connectivity index (χ1v) is 7.17. The number of hydrogen-bond donors (Lipinski definition) is 1. The molecular weight excluding hydrogens is 285 g/mol. The van der Waals surface area contributed by atoms with E-state index in [0.717, 1.165) is 18.4 Å². The maximum absolute atomic E-state index is 12.8. The second-order valence-corrected chi connectivity index (χ2v) is 5.04. The van der Waals surface area contributed by atoms with E-state index in [1.807, 2.05) is 12.1 Å². The molecule has 0 saturated heterocycles. The van der Waals surface area contributed by atoms with Crippen LogP contribution in [0, 0.1) is 5.82 Å². The zero-order chi connectivity index (χ0) is 15.4. The average molecular weight is 301 g/mol. The molecule has 1 aliphatic heterocycles. The summed E-state index contributed by atoms with van der Waals surface area (Å²) in [6, 6.07) is 13.5. The molecule has 2 aromatic rings. The number of nitrogens with one attached hydrogen (secondary N) is 1. The highest BCUT2D eigenvalue weighted by atomic mass is 19.1. The summed E-state index contributed by atoms with van der Waals surface area (Å²) in [5, 5.41) is 2.78. The number of fused-ring (bicyclic) bond motifs is 1. The lowest BCUT2D eigenvalue weighted by atomic mass is 10.1. The Hall–Kier alpha value is -2.56. The van der Waals surface area contributed by atoms with Crippen LogP contribution in [0.2, 0.25) is 0 Å². The molecule has 0 fully saturated rings. The number of rotatable bonds is 5. The van der Waals surface area contributed by atoms with Gasteiger partial charge in [0.15, 0.2) is 11.5 Å². The van der Waals surface area contributed by atoms with E-state index in [1.165, 1.54) is 12.1 Å². The molecule has 0 bridgehead atoms. The van der Waals surface area contributed by atoms with Crippen molar-refractivity contribution in [3.8, 4) is 11.5 Å². The zero-order valence-corrected chi connectivity index (χ0v) is 11.9. The van der Waals surface area contributed by atoms with Crippen molar-refractivity contribution in [2.45, 2.75) is 19.1 Å². The van der Waals surface area contributed by atoms with E-state index in [2.05, 4.69) is 5.32 Å². The number of hydrogen-bond acceptors (Lipinski definition) is 3. The van der Waals surface area contributed by atoms with Gasteiger partial charge in [0, 0.05) is 6.54 Å². The number of para-hydroxylation sites is 2. The highest BCUT2D eigenvalue weighted by molar-refractivity contribution is 5.81. The minimum absolute atomic E-state index is 0.243. The third kappa shape index (κ3) is 3.36. The van der Waals surface area contributed by atoms with Crippen molar-refractivity contribution in [3.63, 3.8) is 0 Å². The predicted molar refractivity (Wildman–Crippen MR) is 79.2 cm³/mol. The summed E-state index contributed by atoms with van der Waals surface area (Å²) in [6.45, 7) is 0.510. The number of amides is 1. The normalized spacial score (nSPS) is 13.1. The van der Waals surface area contributed by atoms with Crippen LogP contribution in [0.3, 0.4) is 0 Å². The SMILES string of the molecule is O=C(NCCCc1ccc(F)cc1)C1Oc2ccccc2O1. The monoisotopic (exact) mass is 301 g/mol. The number of halogens is 1. The minimum Gasteiger partial charge on any atom is -0.442 e. The maximum Gasteiger partial charge on any atom is 0.321 e. The molecule has 5 heteroatoms. The average Bonchev–Trinajstić information content (AvgIpc) is 2.97. The van der Waals surface area contributed by atoms with Crippen LogP contribution in [-0.2, 0) is 11.2 Å². The van der Waals surface area contributed by atoms with Crippen molar-refractivity contribution >= 4 is 5.91 Å². The molecule has 0 atom stereocenters. The molecule has 0 unspecified atom stereocenters. The van der Waals surface area contributed by atoms with Crippen LogP contribution < -0.4 is 14.8 Å². The fourth-order valence-electron chi connectivity index (χ4n) is 2.25. The minimum atomic E-state index is -0.928. The van der Waals surface area contributed by atoms with Gasteiger partial charge in [-0.15, -0.1) is 0 Å². The van der Waals surface area contributed by atoms with Gasteiger partial charge in [0.1, 0.15) is 5.82 Å². The topological polar surface area (TPSA) is 47.6 Å². The van der Waals surface area contributed by atoms with Gasteiger partial charge in [0.25, 0.3) is 0 Å². The molecule has 4 nitrogen and oxygen atoms in total. The third-order valence-electron chi connectivity index (χ3n) is 3.39. The summed E-state index contributed by atoms with van der Waals surface area (Å²) in [4.78, 5) is 12.0. The van der Waals surface area contributed by atoms with E-state index in [0.29, 0.717) is 18.0 Å². The lowest BCUT2D eigenvalue weighted by molar-refractivity contribution is -0.136. The lowest BCUT2D eigenvalue weighted by Crippen LogP contribution is -2.40. The van der Waals surface area contributed by atoms with Crippen LogP contribution in [0.4, 0.5) is 4.39 Å². The van der Waals surface area contributed by atoms with Gasteiger partial charge in [0.05, 0.1) is 0 Å². The van der Waals surface area contributed by atoms with Crippen molar-refractivity contribution in [3.05, 3.63) is 59.9 Å². The van der Waals surface area contributed by atoms with Crippen molar-refractivity contribution in [2.24, 2.45) is 0 Å². The molecular formula is C17H16FNO3. The number of ether oxygens (including phenoxy) is 2. The lowest BCUT2D eigenvalue weighted by Gasteiger charge is -2.10. The van der Waals surface area contributed by atoms with Gasteiger partial charge in [0.2, 0.25) is 0 Å². The van der Waals surface area contributed by atoms with E-state index < -0.39 is 6.29 Å². The van der Waals surface area contributed by atoms with Gasteiger partial charge >= 0.3 is 12.2 Å². The van der Waals surface area contributed by atoms with Crippen LogP contribution in [0.5, 0.6) is 11.5 Å². The van der Waals surface area contributed by atoms with E-state index >= 15 is 0 Å². The van der Waals surface area contributed by atoms with Crippen molar-refractivity contribution in [1.82, 2.24) is 5.32 Å². The number of benzene rings is 2. The Balaban J connectivity index is 1.41. The van der Waals surface area contributed by atoms with E-state index in [9.17, 15) is 9.18 Å². The van der Waals surface area contributed by atoms with Crippen LogP contribution in [0.15, 0.2) is 48.5 Å². The Labute approximate surface area is 127 Å². The van der Waals surface area contributed by atoms with Crippen molar-refractivity contribution in [1.29, 1.82) is 0 Å². The largest absolute Gasteiger partial charge is 0.442 e. The molecule has 22 heavy (non-hydrogen) atoms. The molecule has 0 saturated carbocycles. The number of aryl methyl sites for hydroxylation is 1. The van der Waals surface area contributed by atoms with Crippen molar-refractivity contribution in [2.75, 3.05) is 6.54 Å². The maximum atomic E-state index is 12.8. The summed E-state index contributed by atoms with van der Waals surface area (Å²) in [5.74, 6) is 0.616. The van der Waals surface area contributed by atoms with Gasteiger partial charge < -0.3 is 14.8 Å². The molecule has 0 aromatic heterocycles. The first-order valence-electron chi connectivity index (χ1n) is 7.17. The Kier molecular flexibility index (Phi) is 4.23. The predicted octanol–water partition coefficient (Wildman–Crippen LogP) is 2.67. The summed E-state index contributed by atoms with van der Waals surface area (Å²) in [7, 11) is 0. The molecule has 2 aromatic carbocycles. The number of carbonyl (C=O) groups excluding carboxylic acids is 1. The second kappa shape index (κ2) is 6.47. The van der Waals surface area contributed by atoms with Crippen LogP contribution in [0.25, 0.3) is 0 Å². The Bertz CT molecular complexity index is 632. The third-order valence-corrected chi connectivity index (χ3v) is 3.39. The zero-order valence-electron chi connectivity index (χ0n) is 11.9. The highest BCUT2D eigenvalue weighted by Crippen LogP contribution is 2.33. The standard InChI is InChI=1S/C17H16FNO3/c18-13-9-7-12(8-10-13)4-3-11-19-16(20)17-21-14-5-1-2-6-15(14)22-17/h1-2,5-10,17H,3-4,11H2,(H,19,20). The summed E-state index contributed by atoms with van der Waals surface area (Å²) >= 11 is 0. The summed E-state index contributed by atoms with van der Waals surface area (Å²) in [6.07, 6.45) is 0.604. The molecule has 0 spiro atoms. The molecule has 0 aliphatic carbocycles. The van der Waals surface area contributed by atoms with Gasteiger partial charge in [-0.25, -0.2) is 4.39 Å². The smallest absolute Gasteiger partial charge is 0.321 e. The fourth-order valence-corrected chi connectivity index (χ4v) is 2.25. The number of carbonyl (C=O) groups is 1. The van der Waals surface area contributed by atoms with Crippen molar-refractivity contribution < 1.29 is 18.7 Å². The molecule has 1 amide bonds. The molecule has 0 radical (unpaired) electrons. The molecule has 1 heterocycles. The summed E-state index contributed by atoms with van der Waals surface area (Å²) < 4.78 is 23.6. The van der Waals surface area contributed by atoms with Crippen LogP contribution >= 0.6 is 0 Å². The van der Waals surface area contributed by atoms with Gasteiger partial charge in [-0.1, -0.05) is 24.3 Å². The van der Waals surface area contributed by atoms with Crippen LogP contribution in [0.1, 0.15) is 12.0 Å². The van der Waals surface area contributed by atoms with Gasteiger partial charge in [-0.2, -0.15) is 0 Å². The Morgan fingerprint density at radius 3 is 2.32 bits per heavy atom.